The Bertz CT molecular complexity index is 346. The molecule has 0 fully saturated rings. The van der Waals surface area contributed by atoms with Crippen molar-refractivity contribution in [3.8, 4) is 0 Å². The quantitative estimate of drug-likeness (QED) is 0.443. The van der Waals surface area contributed by atoms with Gasteiger partial charge in [-0.3, -0.25) is 10.1 Å². The van der Waals surface area contributed by atoms with Crippen LogP contribution in [0.4, 0.5) is 5.69 Å². The Morgan fingerprint density at radius 3 is 2.27 bits per heavy atom. The van der Waals surface area contributed by atoms with E-state index in [0.717, 1.165) is 11.3 Å². The zero-order valence-corrected chi connectivity index (χ0v) is 10.0. The molecule has 0 aromatic heterocycles. The maximum absolute atomic E-state index is 10.5. The number of non-ortho nitro benzene ring substituents is 1. The van der Waals surface area contributed by atoms with E-state index in [2.05, 4.69) is 20.8 Å². The molecule has 0 aliphatic heterocycles. The van der Waals surface area contributed by atoms with Crippen molar-refractivity contribution in [2.75, 3.05) is 0 Å². The molecule has 0 atom stereocenters. The first-order valence-electron chi connectivity index (χ1n) is 4.88. The molecular formula is C11H15NO2S. The normalized spacial score (nSPS) is 11.4. The van der Waals surface area contributed by atoms with Crippen LogP contribution in [0.1, 0.15) is 27.2 Å². The minimum absolute atomic E-state index is 0.147. The average Bonchev–Trinajstić information content (AvgIpc) is 2.18. The van der Waals surface area contributed by atoms with Crippen LogP contribution >= 0.6 is 11.8 Å². The largest absolute Gasteiger partial charge is 0.269 e. The van der Waals surface area contributed by atoms with Crippen LogP contribution < -0.4 is 0 Å². The van der Waals surface area contributed by atoms with Crippen molar-refractivity contribution in [3.63, 3.8) is 0 Å². The second kappa shape index (κ2) is 4.66. The second-order valence-electron chi connectivity index (χ2n) is 3.97. The number of hydrogen-bond donors (Lipinski definition) is 0. The van der Waals surface area contributed by atoms with E-state index in [1.807, 2.05) is 0 Å². The van der Waals surface area contributed by atoms with Crippen LogP contribution in [0.5, 0.6) is 0 Å². The van der Waals surface area contributed by atoms with Gasteiger partial charge < -0.3 is 0 Å². The first-order chi connectivity index (χ1) is 6.94. The Labute approximate surface area is 94.0 Å². The molecule has 1 rings (SSSR count). The third kappa shape index (κ3) is 3.55. The first-order valence-corrected chi connectivity index (χ1v) is 5.70. The highest BCUT2D eigenvalue weighted by molar-refractivity contribution is 8.00. The molecule has 15 heavy (non-hydrogen) atoms. The van der Waals surface area contributed by atoms with Crippen molar-refractivity contribution < 1.29 is 4.92 Å². The molecule has 0 saturated heterocycles. The van der Waals surface area contributed by atoms with Gasteiger partial charge >= 0.3 is 0 Å². The highest BCUT2D eigenvalue weighted by Gasteiger charge is 2.16. The molecule has 1 aromatic rings. The number of nitrogens with zero attached hydrogens (tertiary/aromatic N) is 1. The lowest BCUT2D eigenvalue weighted by molar-refractivity contribution is -0.384. The van der Waals surface area contributed by atoms with Gasteiger partial charge in [0.2, 0.25) is 0 Å². The van der Waals surface area contributed by atoms with Gasteiger partial charge in [0.15, 0.2) is 0 Å². The van der Waals surface area contributed by atoms with Crippen molar-refractivity contribution in [1.29, 1.82) is 0 Å². The SMILES string of the molecule is CCC(C)(C)Sc1ccc([N+](=O)[O-])cc1. The summed E-state index contributed by atoms with van der Waals surface area (Å²) in [4.78, 5) is 11.2. The average molecular weight is 225 g/mol. The van der Waals surface area contributed by atoms with Crippen molar-refractivity contribution in [1.82, 2.24) is 0 Å². The van der Waals surface area contributed by atoms with Crippen LogP contribution in [-0.2, 0) is 0 Å². The van der Waals surface area contributed by atoms with E-state index < -0.39 is 0 Å². The van der Waals surface area contributed by atoms with Gasteiger partial charge in [-0.1, -0.05) is 20.8 Å². The molecule has 1 aromatic carbocycles. The third-order valence-corrected chi connectivity index (χ3v) is 3.64. The molecule has 0 radical (unpaired) electrons. The van der Waals surface area contributed by atoms with E-state index in [1.54, 1.807) is 36.0 Å². The van der Waals surface area contributed by atoms with Crippen LogP contribution in [0.15, 0.2) is 29.2 Å². The summed E-state index contributed by atoms with van der Waals surface area (Å²) in [5.41, 5.74) is 0.147. The summed E-state index contributed by atoms with van der Waals surface area (Å²) in [6.07, 6.45) is 1.06. The van der Waals surface area contributed by atoms with Gasteiger partial charge in [-0.05, 0) is 18.6 Å². The standard InChI is InChI=1S/C11H15NO2S/c1-4-11(2,3)15-10-7-5-9(6-8-10)12(13)14/h5-8H,4H2,1-3H3. The summed E-state index contributed by atoms with van der Waals surface area (Å²) in [5, 5.41) is 10.5. The van der Waals surface area contributed by atoms with Gasteiger partial charge in [-0.15, -0.1) is 11.8 Å². The van der Waals surface area contributed by atoms with E-state index in [-0.39, 0.29) is 15.4 Å². The Morgan fingerprint density at radius 2 is 1.87 bits per heavy atom. The van der Waals surface area contributed by atoms with Gasteiger partial charge in [0, 0.05) is 21.8 Å². The predicted octanol–water partition coefficient (Wildman–Crippen LogP) is 3.88. The summed E-state index contributed by atoms with van der Waals surface area (Å²) in [7, 11) is 0. The van der Waals surface area contributed by atoms with E-state index in [1.165, 1.54) is 0 Å². The Kier molecular flexibility index (Phi) is 3.74. The molecule has 4 heteroatoms. The number of benzene rings is 1. The summed E-state index contributed by atoms with van der Waals surface area (Å²) < 4.78 is 0.177. The zero-order valence-electron chi connectivity index (χ0n) is 9.19. The molecule has 3 nitrogen and oxygen atoms in total. The van der Waals surface area contributed by atoms with Crippen molar-refractivity contribution >= 4 is 17.4 Å². The van der Waals surface area contributed by atoms with Crippen LogP contribution in [0.3, 0.4) is 0 Å². The smallest absolute Gasteiger partial charge is 0.258 e. The molecule has 0 N–H and O–H groups in total. The maximum Gasteiger partial charge on any atom is 0.269 e. The summed E-state index contributed by atoms with van der Waals surface area (Å²) in [5.74, 6) is 0. The summed E-state index contributed by atoms with van der Waals surface area (Å²) in [6, 6.07) is 6.71. The Morgan fingerprint density at radius 1 is 1.33 bits per heavy atom. The Balaban J connectivity index is 2.77. The second-order valence-corrected chi connectivity index (χ2v) is 5.75. The molecule has 82 valence electrons. The fourth-order valence-electron chi connectivity index (χ4n) is 1.03. The lowest BCUT2D eigenvalue weighted by Crippen LogP contribution is -2.11. The summed E-state index contributed by atoms with van der Waals surface area (Å²) in [6.45, 7) is 6.47. The number of nitro benzene ring substituents is 1. The number of rotatable bonds is 4. The van der Waals surface area contributed by atoms with E-state index in [0.29, 0.717) is 0 Å². The monoisotopic (exact) mass is 225 g/mol. The topological polar surface area (TPSA) is 43.1 Å². The van der Waals surface area contributed by atoms with E-state index >= 15 is 0 Å². The summed E-state index contributed by atoms with van der Waals surface area (Å²) >= 11 is 1.74. The lowest BCUT2D eigenvalue weighted by atomic mass is 10.1. The number of thioether (sulfide) groups is 1. The molecule has 0 amide bonds. The molecule has 0 aliphatic rings. The minimum Gasteiger partial charge on any atom is -0.258 e. The third-order valence-electron chi connectivity index (χ3n) is 2.29. The van der Waals surface area contributed by atoms with Crippen LogP contribution in [0.2, 0.25) is 0 Å². The van der Waals surface area contributed by atoms with Crippen LogP contribution in [0, 0.1) is 10.1 Å². The fraction of sp³-hybridized carbons (Fsp3) is 0.455. The fourth-order valence-corrected chi connectivity index (χ4v) is 2.08. The van der Waals surface area contributed by atoms with E-state index in [9.17, 15) is 10.1 Å². The predicted molar refractivity (Wildman–Crippen MR) is 63.3 cm³/mol. The van der Waals surface area contributed by atoms with Crippen molar-refractivity contribution in [3.05, 3.63) is 34.4 Å². The van der Waals surface area contributed by atoms with E-state index in [4.69, 9.17) is 0 Å². The highest BCUT2D eigenvalue weighted by atomic mass is 32.2. The Hall–Kier alpha value is -1.03. The van der Waals surface area contributed by atoms with Gasteiger partial charge in [0.1, 0.15) is 0 Å². The van der Waals surface area contributed by atoms with Gasteiger partial charge in [-0.2, -0.15) is 0 Å². The minimum atomic E-state index is -0.376. The van der Waals surface area contributed by atoms with Crippen LogP contribution in [0.25, 0.3) is 0 Å². The molecular weight excluding hydrogens is 210 g/mol. The number of hydrogen-bond acceptors (Lipinski definition) is 3. The van der Waals surface area contributed by atoms with Gasteiger partial charge in [0.05, 0.1) is 4.92 Å². The molecule has 0 aliphatic carbocycles. The zero-order chi connectivity index (χ0) is 11.5. The molecule has 0 unspecified atom stereocenters. The van der Waals surface area contributed by atoms with Crippen LogP contribution in [-0.4, -0.2) is 9.67 Å². The highest BCUT2D eigenvalue weighted by Crippen LogP contribution is 2.35. The molecule has 0 heterocycles. The van der Waals surface area contributed by atoms with Crippen molar-refractivity contribution in [2.24, 2.45) is 0 Å². The first kappa shape index (κ1) is 12.0. The van der Waals surface area contributed by atoms with Gasteiger partial charge in [-0.25, -0.2) is 0 Å². The lowest BCUT2D eigenvalue weighted by Gasteiger charge is -2.21. The number of nitro groups is 1. The molecule has 0 bridgehead atoms. The molecule has 0 saturated carbocycles. The molecule has 0 spiro atoms. The van der Waals surface area contributed by atoms with Gasteiger partial charge in [0.25, 0.3) is 5.69 Å². The maximum atomic E-state index is 10.5. The van der Waals surface area contributed by atoms with Crippen molar-refractivity contribution in [2.45, 2.75) is 36.8 Å².